The van der Waals surface area contributed by atoms with Gasteiger partial charge in [-0.25, -0.2) is 4.79 Å². The van der Waals surface area contributed by atoms with E-state index >= 15 is 0 Å². The van der Waals surface area contributed by atoms with Gasteiger partial charge < -0.3 is 4.74 Å². The Morgan fingerprint density at radius 1 is 1.06 bits per heavy atom. The lowest BCUT2D eigenvalue weighted by molar-refractivity contribution is -0.183. The first kappa shape index (κ1) is 11.1. The van der Waals surface area contributed by atoms with Crippen molar-refractivity contribution in [2.24, 2.45) is 0 Å². The minimum Gasteiger partial charge on any atom is -0.422 e. The molecule has 0 spiro atoms. The standard InChI is InChI=1S/C12H16N2O2/c1-13(2)12(14(3)4)10-8-6-5-7-9(10)11(15)16-12/h5-8H,1-4H3. The average molecular weight is 220 g/mol. The molecule has 0 unspecified atom stereocenters. The molecule has 0 amide bonds. The number of rotatable bonds is 2. The van der Waals surface area contributed by atoms with Crippen LogP contribution < -0.4 is 0 Å². The number of benzene rings is 1. The molecule has 1 aromatic carbocycles. The van der Waals surface area contributed by atoms with E-state index in [1.54, 1.807) is 6.07 Å². The highest BCUT2D eigenvalue weighted by Crippen LogP contribution is 2.39. The molecule has 0 radical (unpaired) electrons. The zero-order valence-corrected chi connectivity index (χ0v) is 10.0. The van der Waals surface area contributed by atoms with Crippen LogP contribution in [0.25, 0.3) is 0 Å². The molecule has 0 saturated carbocycles. The number of fused-ring (bicyclic) bond motifs is 1. The number of ether oxygens (including phenoxy) is 1. The van der Waals surface area contributed by atoms with Crippen LogP contribution in [0.4, 0.5) is 0 Å². The van der Waals surface area contributed by atoms with Crippen LogP contribution in [0, 0.1) is 0 Å². The predicted molar refractivity (Wildman–Crippen MR) is 60.9 cm³/mol. The van der Waals surface area contributed by atoms with E-state index in [0.29, 0.717) is 5.56 Å². The van der Waals surface area contributed by atoms with Crippen LogP contribution >= 0.6 is 0 Å². The highest BCUT2D eigenvalue weighted by molar-refractivity contribution is 5.94. The van der Waals surface area contributed by atoms with Crippen LogP contribution in [0.1, 0.15) is 15.9 Å². The second-order valence-corrected chi connectivity index (χ2v) is 4.33. The summed E-state index contributed by atoms with van der Waals surface area (Å²) in [5, 5.41) is 0. The summed E-state index contributed by atoms with van der Waals surface area (Å²) in [6.07, 6.45) is 0. The fourth-order valence-electron chi connectivity index (χ4n) is 2.25. The molecule has 1 aromatic rings. The Morgan fingerprint density at radius 2 is 1.62 bits per heavy atom. The second kappa shape index (κ2) is 3.57. The highest BCUT2D eigenvalue weighted by Gasteiger charge is 2.49. The fraction of sp³-hybridized carbons (Fsp3) is 0.417. The Labute approximate surface area is 95.4 Å². The van der Waals surface area contributed by atoms with Crippen molar-refractivity contribution in [2.45, 2.75) is 5.85 Å². The third-order valence-electron chi connectivity index (χ3n) is 2.95. The molecular formula is C12H16N2O2. The van der Waals surface area contributed by atoms with Crippen molar-refractivity contribution in [3.63, 3.8) is 0 Å². The van der Waals surface area contributed by atoms with E-state index in [0.717, 1.165) is 5.56 Å². The number of cyclic esters (lactones) is 1. The van der Waals surface area contributed by atoms with Crippen LogP contribution in [-0.4, -0.2) is 44.0 Å². The van der Waals surface area contributed by atoms with E-state index in [9.17, 15) is 4.79 Å². The smallest absolute Gasteiger partial charge is 0.341 e. The van der Waals surface area contributed by atoms with E-state index in [1.165, 1.54) is 0 Å². The first-order valence-electron chi connectivity index (χ1n) is 5.18. The molecule has 16 heavy (non-hydrogen) atoms. The van der Waals surface area contributed by atoms with Crippen molar-refractivity contribution in [1.82, 2.24) is 9.80 Å². The SMILES string of the molecule is CN(C)C1(N(C)C)OC(=O)c2ccccc21. The summed E-state index contributed by atoms with van der Waals surface area (Å²) < 4.78 is 5.56. The molecule has 1 heterocycles. The van der Waals surface area contributed by atoms with Crippen LogP contribution in [-0.2, 0) is 10.6 Å². The van der Waals surface area contributed by atoms with E-state index in [2.05, 4.69) is 0 Å². The Hall–Kier alpha value is -1.39. The summed E-state index contributed by atoms with van der Waals surface area (Å²) in [5.74, 6) is -1.05. The lowest BCUT2D eigenvalue weighted by atomic mass is 10.0. The molecule has 0 fully saturated rings. The second-order valence-electron chi connectivity index (χ2n) is 4.33. The van der Waals surface area contributed by atoms with Crippen LogP contribution in [0.15, 0.2) is 24.3 Å². The quantitative estimate of drug-likeness (QED) is 0.552. The van der Waals surface area contributed by atoms with Gasteiger partial charge in [0.25, 0.3) is 5.85 Å². The van der Waals surface area contributed by atoms with Gasteiger partial charge in [-0.15, -0.1) is 0 Å². The average Bonchev–Trinajstić information content (AvgIpc) is 2.54. The topological polar surface area (TPSA) is 32.8 Å². The maximum absolute atomic E-state index is 11.8. The highest BCUT2D eigenvalue weighted by atomic mass is 16.6. The number of carbonyl (C=O) groups is 1. The van der Waals surface area contributed by atoms with E-state index < -0.39 is 5.85 Å². The molecule has 4 nitrogen and oxygen atoms in total. The van der Waals surface area contributed by atoms with Crippen molar-refractivity contribution in [1.29, 1.82) is 0 Å². The molecular weight excluding hydrogens is 204 g/mol. The number of nitrogens with zero attached hydrogens (tertiary/aromatic N) is 2. The first-order valence-corrected chi connectivity index (χ1v) is 5.18. The Balaban J connectivity index is 2.64. The number of hydrogen-bond acceptors (Lipinski definition) is 4. The lowest BCUT2D eigenvalue weighted by Crippen LogP contribution is -2.52. The maximum atomic E-state index is 11.8. The maximum Gasteiger partial charge on any atom is 0.341 e. The molecule has 0 bridgehead atoms. The molecule has 4 heteroatoms. The summed E-state index contributed by atoms with van der Waals surface area (Å²) >= 11 is 0. The number of esters is 1. The van der Waals surface area contributed by atoms with Gasteiger partial charge in [-0.2, -0.15) is 0 Å². The summed E-state index contributed by atoms with van der Waals surface area (Å²) in [4.78, 5) is 15.6. The van der Waals surface area contributed by atoms with Crippen molar-refractivity contribution in [3.8, 4) is 0 Å². The zero-order chi connectivity index (χ0) is 11.9. The minimum atomic E-state index is -0.784. The molecule has 1 aliphatic heterocycles. The van der Waals surface area contributed by atoms with Crippen molar-refractivity contribution in [2.75, 3.05) is 28.2 Å². The third kappa shape index (κ3) is 1.27. The van der Waals surface area contributed by atoms with Gasteiger partial charge in [0.1, 0.15) is 0 Å². The Morgan fingerprint density at radius 3 is 2.19 bits per heavy atom. The molecule has 0 atom stereocenters. The largest absolute Gasteiger partial charge is 0.422 e. The summed E-state index contributed by atoms with van der Waals surface area (Å²) in [6, 6.07) is 7.50. The first-order chi connectivity index (χ1) is 7.50. The Bertz CT molecular complexity index is 419. The molecule has 1 aliphatic rings. The molecule has 0 N–H and O–H groups in total. The van der Waals surface area contributed by atoms with E-state index in [1.807, 2.05) is 56.2 Å². The molecule has 0 aliphatic carbocycles. The van der Waals surface area contributed by atoms with Gasteiger partial charge in [-0.05, 0) is 34.3 Å². The summed E-state index contributed by atoms with van der Waals surface area (Å²) in [6.45, 7) is 0. The van der Waals surface area contributed by atoms with E-state index in [-0.39, 0.29) is 5.97 Å². The zero-order valence-electron chi connectivity index (χ0n) is 10.0. The van der Waals surface area contributed by atoms with Crippen molar-refractivity contribution < 1.29 is 9.53 Å². The van der Waals surface area contributed by atoms with Crippen LogP contribution in [0.2, 0.25) is 0 Å². The van der Waals surface area contributed by atoms with Gasteiger partial charge in [0, 0.05) is 5.56 Å². The number of hydrogen-bond donors (Lipinski definition) is 0. The molecule has 0 saturated heterocycles. The Kier molecular flexibility index (Phi) is 2.48. The summed E-state index contributed by atoms with van der Waals surface area (Å²) in [5.41, 5.74) is 1.54. The van der Waals surface area contributed by atoms with Crippen molar-refractivity contribution in [3.05, 3.63) is 35.4 Å². The van der Waals surface area contributed by atoms with Gasteiger partial charge in [-0.3, -0.25) is 9.80 Å². The van der Waals surface area contributed by atoms with E-state index in [4.69, 9.17) is 4.74 Å². The molecule has 86 valence electrons. The van der Waals surface area contributed by atoms with Gasteiger partial charge in [0.05, 0.1) is 5.56 Å². The van der Waals surface area contributed by atoms with Crippen molar-refractivity contribution >= 4 is 5.97 Å². The number of carbonyl (C=O) groups excluding carboxylic acids is 1. The minimum absolute atomic E-state index is 0.266. The van der Waals surface area contributed by atoms with Gasteiger partial charge in [0.15, 0.2) is 0 Å². The lowest BCUT2D eigenvalue weighted by Gasteiger charge is -2.40. The van der Waals surface area contributed by atoms with Crippen LogP contribution in [0.3, 0.4) is 0 Å². The predicted octanol–water partition coefficient (Wildman–Crippen LogP) is 1.09. The molecule has 2 rings (SSSR count). The van der Waals surface area contributed by atoms with Gasteiger partial charge >= 0.3 is 5.97 Å². The summed E-state index contributed by atoms with van der Waals surface area (Å²) in [7, 11) is 7.59. The normalized spacial score (nSPS) is 17.8. The molecule has 0 aromatic heterocycles. The fourth-order valence-corrected chi connectivity index (χ4v) is 2.25. The monoisotopic (exact) mass is 220 g/mol. The van der Waals surface area contributed by atoms with Crippen LogP contribution in [0.5, 0.6) is 0 Å². The van der Waals surface area contributed by atoms with Gasteiger partial charge in [-0.1, -0.05) is 18.2 Å². The van der Waals surface area contributed by atoms with Gasteiger partial charge in [0.2, 0.25) is 0 Å². The third-order valence-corrected chi connectivity index (χ3v) is 2.95.